The van der Waals surface area contributed by atoms with Crippen molar-refractivity contribution in [2.24, 2.45) is 23.7 Å². The van der Waals surface area contributed by atoms with Crippen molar-refractivity contribution in [2.45, 2.75) is 102 Å². The highest BCUT2D eigenvalue weighted by Crippen LogP contribution is 2.62. The second kappa shape index (κ2) is 11.1. The molecule has 0 aromatic carbocycles. The van der Waals surface area contributed by atoms with E-state index in [-0.39, 0.29) is 18.3 Å². The molecule has 3 N–H and O–H groups in total. The minimum Gasteiger partial charge on any atom is -0.481 e. The lowest BCUT2D eigenvalue weighted by molar-refractivity contribution is -0.169. The van der Waals surface area contributed by atoms with Gasteiger partial charge in [-0.15, -0.1) is 0 Å². The lowest BCUT2D eigenvalue weighted by Crippen LogP contribution is -2.64. The molecule has 3 aliphatic carbocycles. The maximum absolute atomic E-state index is 11.0. The largest absolute Gasteiger partial charge is 0.481 e. The average molecular weight is 435 g/mol. The molecule has 0 aromatic rings. The highest BCUT2D eigenvalue weighted by Gasteiger charge is 2.63. The third kappa shape index (κ3) is 5.26. The molecule has 176 valence electrons. The molecule has 0 saturated heterocycles. The van der Waals surface area contributed by atoms with E-state index in [0.29, 0.717) is 24.7 Å². The van der Waals surface area contributed by atoms with Crippen LogP contribution in [0.2, 0.25) is 0 Å². The molecular formula is C26H42O5. The number of hydrogen-bond acceptors (Lipinski definition) is 4. The Morgan fingerprint density at radius 3 is 2.65 bits per heavy atom. The van der Waals surface area contributed by atoms with Gasteiger partial charge in [0.05, 0.1) is 17.8 Å². The van der Waals surface area contributed by atoms with Crippen LogP contribution in [0.1, 0.15) is 84.0 Å². The number of allylic oxidation sites excluding steroid dienone is 1. The first-order valence-electron chi connectivity index (χ1n) is 12.5. The summed E-state index contributed by atoms with van der Waals surface area (Å²) in [6, 6.07) is 0. The molecular weight excluding hydrogens is 392 g/mol. The number of rotatable bonds is 10. The second-order valence-electron chi connectivity index (χ2n) is 9.92. The fourth-order valence-electron chi connectivity index (χ4n) is 6.53. The van der Waals surface area contributed by atoms with E-state index >= 15 is 0 Å². The van der Waals surface area contributed by atoms with Crippen LogP contribution in [0, 0.1) is 23.7 Å². The summed E-state index contributed by atoms with van der Waals surface area (Å²) in [5.41, 5.74) is 0.842. The van der Waals surface area contributed by atoms with E-state index in [1.165, 1.54) is 24.8 Å². The van der Waals surface area contributed by atoms with Gasteiger partial charge >= 0.3 is 5.97 Å². The number of aliphatic carboxylic acids is 1. The summed E-state index contributed by atoms with van der Waals surface area (Å²) in [7, 11) is 1.75. The predicted molar refractivity (Wildman–Crippen MR) is 122 cm³/mol. The number of carboxylic acid groups (broad SMARTS) is 1. The first kappa shape index (κ1) is 24.5. The highest BCUT2D eigenvalue weighted by atomic mass is 16.5. The zero-order valence-corrected chi connectivity index (χ0v) is 19.3. The van der Waals surface area contributed by atoms with Gasteiger partial charge in [0, 0.05) is 25.4 Å². The average Bonchev–Trinajstić information content (AvgIpc) is 2.77. The molecule has 3 aliphatic rings. The number of aliphatic hydroxyl groups is 2. The SMILES string of the molecule is CCCCC1C(=CCCC(=O)O)[C@@]2(OC)CC[C@@H](O)[C@H](C=CC(O)C3CCCCC3)[C@@H]12. The van der Waals surface area contributed by atoms with Crippen molar-refractivity contribution in [1.82, 2.24) is 0 Å². The van der Waals surface area contributed by atoms with Crippen LogP contribution in [-0.4, -0.2) is 46.2 Å². The van der Waals surface area contributed by atoms with Crippen LogP contribution in [0.5, 0.6) is 0 Å². The maximum Gasteiger partial charge on any atom is 0.303 e. The Morgan fingerprint density at radius 1 is 1.26 bits per heavy atom. The van der Waals surface area contributed by atoms with Crippen LogP contribution in [-0.2, 0) is 9.53 Å². The van der Waals surface area contributed by atoms with E-state index in [1.54, 1.807) is 7.11 Å². The van der Waals surface area contributed by atoms with Crippen LogP contribution < -0.4 is 0 Å². The lowest BCUT2D eigenvalue weighted by Gasteiger charge is -2.63. The van der Waals surface area contributed by atoms with Gasteiger partial charge in [-0.3, -0.25) is 4.79 Å². The number of unbranched alkanes of at least 4 members (excludes halogenated alkanes) is 1. The van der Waals surface area contributed by atoms with Crippen LogP contribution >= 0.6 is 0 Å². The normalized spacial score (nSPS) is 36.3. The van der Waals surface area contributed by atoms with Crippen molar-refractivity contribution in [3.05, 3.63) is 23.8 Å². The molecule has 3 saturated carbocycles. The van der Waals surface area contributed by atoms with Crippen LogP contribution in [0.3, 0.4) is 0 Å². The number of carbonyl (C=O) groups is 1. The molecule has 6 atom stereocenters. The monoisotopic (exact) mass is 434 g/mol. The van der Waals surface area contributed by atoms with Gasteiger partial charge in [-0.2, -0.15) is 0 Å². The minimum absolute atomic E-state index is 0.0366. The van der Waals surface area contributed by atoms with Crippen LogP contribution in [0.15, 0.2) is 23.8 Å². The number of aliphatic hydroxyl groups excluding tert-OH is 2. The van der Waals surface area contributed by atoms with Gasteiger partial charge in [0.25, 0.3) is 0 Å². The zero-order valence-electron chi connectivity index (χ0n) is 19.3. The topological polar surface area (TPSA) is 87.0 Å². The van der Waals surface area contributed by atoms with E-state index in [2.05, 4.69) is 19.1 Å². The van der Waals surface area contributed by atoms with E-state index in [4.69, 9.17) is 9.84 Å². The van der Waals surface area contributed by atoms with E-state index < -0.39 is 23.8 Å². The molecule has 0 bridgehead atoms. The Hall–Kier alpha value is -1.17. The predicted octanol–water partition coefficient (Wildman–Crippen LogP) is 4.87. The Labute approximate surface area is 187 Å². The Kier molecular flexibility index (Phi) is 8.77. The Morgan fingerprint density at radius 2 is 2.00 bits per heavy atom. The molecule has 31 heavy (non-hydrogen) atoms. The van der Waals surface area contributed by atoms with Crippen molar-refractivity contribution in [2.75, 3.05) is 7.11 Å². The first-order valence-corrected chi connectivity index (χ1v) is 12.5. The third-order valence-corrected chi connectivity index (χ3v) is 8.15. The fraction of sp³-hybridized carbons (Fsp3) is 0.808. The molecule has 5 heteroatoms. The van der Waals surface area contributed by atoms with Crippen molar-refractivity contribution in [3.63, 3.8) is 0 Å². The first-order chi connectivity index (χ1) is 14.9. The van der Waals surface area contributed by atoms with Gasteiger partial charge in [0.15, 0.2) is 0 Å². The molecule has 3 rings (SSSR count). The lowest BCUT2D eigenvalue weighted by atomic mass is 9.47. The molecule has 0 radical (unpaired) electrons. The number of methoxy groups -OCH3 is 1. The van der Waals surface area contributed by atoms with Gasteiger partial charge in [-0.25, -0.2) is 0 Å². The number of ether oxygens (including phenoxy) is 1. The van der Waals surface area contributed by atoms with E-state index in [1.807, 2.05) is 6.08 Å². The summed E-state index contributed by atoms with van der Waals surface area (Å²) >= 11 is 0. The summed E-state index contributed by atoms with van der Waals surface area (Å²) in [4.78, 5) is 11.0. The Balaban J connectivity index is 1.81. The molecule has 3 fully saturated rings. The molecule has 0 aromatic heterocycles. The summed E-state index contributed by atoms with van der Waals surface area (Å²) in [6.07, 6.45) is 16.4. The summed E-state index contributed by atoms with van der Waals surface area (Å²) in [5, 5.41) is 30.7. The zero-order chi connectivity index (χ0) is 22.4. The second-order valence-corrected chi connectivity index (χ2v) is 9.92. The molecule has 0 heterocycles. The van der Waals surface area contributed by atoms with E-state index in [9.17, 15) is 15.0 Å². The van der Waals surface area contributed by atoms with Crippen LogP contribution in [0.4, 0.5) is 0 Å². The Bertz CT molecular complexity index is 650. The third-order valence-electron chi connectivity index (χ3n) is 8.15. The summed E-state index contributed by atoms with van der Waals surface area (Å²) < 4.78 is 6.14. The van der Waals surface area contributed by atoms with E-state index in [0.717, 1.165) is 38.5 Å². The van der Waals surface area contributed by atoms with Crippen molar-refractivity contribution < 1.29 is 24.9 Å². The van der Waals surface area contributed by atoms with Gasteiger partial charge in [0.1, 0.15) is 0 Å². The summed E-state index contributed by atoms with van der Waals surface area (Å²) in [5.74, 6) is 0.0109. The van der Waals surface area contributed by atoms with Crippen LogP contribution in [0.25, 0.3) is 0 Å². The summed E-state index contributed by atoms with van der Waals surface area (Å²) in [6.45, 7) is 2.18. The van der Waals surface area contributed by atoms with Crippen molar-refractivity contribution in [1.29, 1.82) is 0 Å². The molecule has 0 amide bonds. The molecule has 0 aliphatic heterocycles. The highest BCUT2D eigenvalue weighted by molar-refractivity contribution is 5.66. The standard InChI is InChI=1S/C26H42O5/c1-3-4-11-19-21(12-8-13-24(29)30)26(31-2)17-16-23(28)20(25(19)26)14-15-22(27)18-9-6-5-7-10-18/h12,14-15,18-20,22-23,25,27-28H,3-11,13,16-17H2,1-2H3,(H,29,30)/t19?,20-,22?,23+,25+,26-/m0/s1. The fourth-order valence-corrected chi connectivity index (χ4v) is 6.53. The quantitative estimate of drug-likeness (QED) is 0.427. The van der Waals surface area contributed by atoms with Crippen molar-refractivity contribution >= 4 is 5.97 Å². The smallest absolute Gasteiger partial charge is 0.303 e. The molecule has 5 nitrogen and oxygen atoms in total. The van der Waals surface area contributed by atoms with Gasteiger partial charge in [-0.05, 0) is 55.9 Å². The van der Waals surface area contributed by atoms with Gasteiger partial charge < -0.3 is 20.1 Å². The maximum atomic E-state index is 11.0. The number of fused-ring (bicyclic) bond motifs is 1. The number of hydrogen-bond donors (Lipinski definition) is 3. The molecule has 0 spiro atoms. The van der Waals surface area contributed by atoms with Crippen molar-refractivity contribution in [3.8, 4) is 0 Å². The number of carboxylic acids is 1. The van der Waals surface area contributed by atoms with Gasteiger partial charge in [0.2, 0.25) is 0 Å². The van der Waals surface area contributed by atoms with Gasteiger partial charge in [-0.1, -0.05) is 57.3 Å². The molecule has 2 unspecified atom stereocenters. The minimum atomic E-state index is -0.777.